The van der Waals surface area contributed by atoms with Crippen LogP contribution in [0.5, 0.6) is 11.5 Å². The van der Waals surface area contributed by atoms with Crippen LogP contribution in [0.1, 0.15) is 78.7 Å². The zero-order valence-electron chi connectivity index (χ0n) is 29.5. The van der Waals surface area contributed by atoms with E-state index in [1.165, 1.54) is 55.4 Å². The molecule has 0 unspecified atom stereocenters. The summed E-state index contributed by atoms with van der Waals surface area (Å²) in [6.45, 7) is 19.8. The molecule has 7 rings (SSSR count). The number of hydrogen-bond donors (Lipinski definition) is 0. The first-order valence-electron chi connectivity index (χ1n) is 17.0. The summed E-state index contributed by atoms with van der Waals surface area (Å²) in [6, 6.07) is 30.2. The number of aryl methyl sites for hydroxylation is 5. The first-order valence-corrected chi connectivity index (χ1v) is 17.0. The van der Waals surface area contributed by atoms with E-state index in [0.29, 0.717) is 5.92 Å². The van der Waals surface area contributed by atoms with Gasteiger partial charge in [-0.05, 0) is 117 Å². The Balaban J connectivity index is 1.37. The van der Waals surface area contributed by atoms with Gasteiger partial charge in [0.05, 0.1) is 28.1 Å². The predicted octanol–water partition coefficient (Wildman–Crippen LogP) is 11.6. The maximum Gasteiger partial charge on any atom is 0.137 e. The third-order valence-corrected chi connectivity index (χ3v) is 9.41. The highest BCUT2D eigenvalue weighted by Crippen LogP contribution is 2.40. The van der Waals surface area contributed by atoms with Crippen LogP contribution >= 0.6 is 0 Å². The molecule has 0 radical (unpaired) electrons. The number of benzene rings is 4. The van der Waals surface area contributed by atoms with Crippen LogP contribution in [0, 0.1) is 34.6 Å². The van der Waals surface area contributed by atoms with Crippen LogP contribution in [-0.4, -0.2) is 19.3 Å². The average Bonchev–Trinajstić information content (AvgIpc) is 3.55. The number of nitrogens with zero attached hydrogens (tertiary/aromatic N) is 4. The van der Waals surface area contributed by atoms with Crippen LogP contribution in [0.2, 0.25) is 0 Å². The van der Waals surface area contributed by atoms with E-state index in [1.807, 2.05) is 12.3 Å². The molecule has 242 valence electrons. The monoisotopic (exact) mass is 632 g/mol. The first-order chi connectivity index (χ1) is 23.0. The van der Waals surface area contributed by atoms with Crippen LogP contribution < -0.4 is 4.74 Å². The Morgan fingerprint density at radius 3 is 2.06 bits per heavy atom. The van der Waals surface area contributed by atoms with Crippen molar-refractivity contribution < 1.29 is 4.74 Å². The third kappa shape index (κ3) is 5.47. The molecule has 0 fully saturated rings. The summed E-state index contributed by atoms with van der Waals surface area (Å²) in [5.74, 6) is 3.03. The number of aromatic nitrogens is 4. The lowest BCUT2D eigenvalue weighted by Gasteiger charge is -2.18. The minimum absolute atomic E-state index is 0.257. The van der Waals surface area contributed by atoms with E-state index < -0.39 is 0 Å². The number of fused-ring (bicyclic) bond motifs is 3. The normalized spacial score (nSPS) is 11.8. The minimum atomic E-state index is 0.257. The van der Waals surface area contributed by atoms with Crippen LogP contribution in [0.3, 0.4) is 0 Å². The molecular formula is C43H44N4O. The average molecular weight is 633 g/mol. The Hall–Kier alpha value is -5.16. The standard InChI is InChI=1S/C43H44N4O/c1-25(2)32-21-33(47-43(26(3)4)42(31(9)45-47)41-29(7)18-28(6)19-30(41)8)23-35(22-32)48-34-14-15-37-36-12-10-11-13-38(36)46(39(37)24-34)40-20-27(5)16-17-44-40/h10-26H,1-9H3. The second-order valence-corrected chi connectivity index (χ2v) is 13.9. The van der Waals surface area contributed by atoms with Crippen LogP contribution in [0.4, 0.5) is 0 Å². The van der Waals surface area contributed by atoms with Gasteiger partial charge >= 0.3 is 0 Å². The Bertz CT molecular complexity index is 2310. The largest absolute Gasteiger partial charge is 0.457 e. The van der Waals surface area contributed by atoms with Gasteiger partial charge in [-0.1, -0.05) is 63.6 Å². The van der Waals surface area contributed by atoms with E-state index >= 15 is 0 Å². The smallest absolute Gasteiger partial charge is 0.137 e. The van der Waals surface area contributed by atoms with Gasteiger partial charge in [-0.15, -0.1) is 0 Å². The second kappa shape index (κ2) is 12.1. The predicted molar refractivity (Wildman–Crippen MR) is 200 cm³/mol. The van der Waals surface area contributed by atoms with Gasteiger partial charge < -0.3 is 4.74 Å². The first kappa shape index (κ1) is 31.4. The number of ether oxygens (including phenoxy) is 1. The zero-order chi connectivity index (χ0) is 33.9. The fourth-order valence-corrected chi connectivity index (χ4v) is 7.32. The quantitative estimate of drug-likeness (QED) is 0.176. The minimum Gasteiger partial charge on any atom is -0.457 e. The van der Waals surface area contributed by atoms with Crippen molar-refractivity contribution >= 4 is 21.8 Å². The fraction of sp³-hybridized carbons (Fsp3) is 0.256. The van der Waals surface area contributed by atoms with Crippen molar-refractivity contribution in [2.45, 2.75) is 74.1 Å². The summed E-state index contributed by atoms with van der Waals surface area (Å²) < 4.78 is 11.1. The van der Waals surface area contributed by atoms with E-state index in [4.69, 9.17) is 14.8 Å². The highest BCUT2D eigenvalue weighted by atomic mass is 16.5. The lowest BCUT2D eigenvalue weighted by Crippen LogP contribution is -2.06. The second-order valence-electron chi connectivity index (χ2n) is 13.9. The molecule has 3 heterocycles. The number of para-hydroxylation sites is 1. The SMILES string of the molecule is Cc1ccnc(-n2c3ccccc3c3ccc(Oc4cc(C(C)C)cc(-n5nc(C)c(-c6c(C)cc(C)cc6C)c5C(C)C)c4)cc32)c1. The Morgan fingerprint density at radius 1 is 0.625 bits per heavy atom. The maximum absolute atomic E-state index is 6.75. The van der Waals surface area contributed by atoms with Gasteiger partial charge in [0.2, 0.25) is 0 Å². The van der Waals surface area contributed by atoms with Crippen molar-refractivity contribution in [1.82, 2.24) is 19.3 Å². The van der Waals surface area contributed by atoms with E-state index in [1.54, 1.807) is 0 Å². The van der Waals surface area contributed by atoms with Gasteiger partial charge in [-0.2, -0.15) is 5.10 Å². The molecule has 0 saturated carbocycles. The Labute approximate surface area is 283 Å². The van der Waals surface area contributed by atoms with Gasteiger partial charge in [0.15, 0.2) is 0 Å². The summed E-state index contributed by atoms with van der Waals surface area (Å²) in [5.41, 5.74) is 14.2. The van der Waals surface area contributed by atoms with Crippen molar-refractivity contribution in [1.29, 1.82) is 0 Å². The highest BCUT2D eigenvalue weighted by Gasteiger charge is 2.24. The molecule has 0 bridgehead atoms. The summed E-state index contributed by atoms with van der Waals surface area (Å²) in [4.78, 5) is 4.75. The lowest BCUT2D eigenvalue weighted by molar-refractivity contribution is 0.481. The van der Waals surface area contributed by atoms with Crippen LogP contribution in [0.15, 0.2) is 91.1 Å². The zero-order valence-corrected chi connectivity index (χ0v) is 29.5. The Morgan fingerprint density at radius 2 is 1.35 bits per heavy atom. The van der Waals surface area contributed by atoms with Crippen molar-refractivity contribution in [2.75, 3.05) is 0 Å². The molecular weight excluding hydrogens is 589 g/mol. The molecule has 3 aromatic heterocycles. The molecule has 0 amide bonds. The van der Waals surface area contributed by atoms with Gasteiger partial charge in [0, 0.05) is 34.7 Å². The molecule has 0 N–H and O–H groups in total. The third-order valence-electron chi connectivity index (χ3n) is 9.41. The molecule has 0 aliphatic heterocycles. The van der Waals surface area contributed by atoms with Gasteiger partial charge in [0.1, 0.15) is 17.3 Å². The van der Waals surface area contributed by atoms with E-state index in [0.717, 1.165) is 39.7 Å². The molecule has 0 aliphatic rings. The summed E-state index contributed by atoms with van der Waals surface area (Å²) in [7, 11) is 0. The molecule has 0 saturated heterocycles. The molecule has 48 heavy (non-hydrogen) atoms. The van der Waals surface area contributed by atoms with Crippen molar-refractivity contribution in [3.8, 4) is 34.1 Å². The van der Waals surface area contributed by atoms with Crippen LogP contribution in [-0.2, 0) is 0 Å². The van der Waals surface area contributed by atoms with Crippen molar-refractivity contribution in [3.05, 3.63) is 130 Å². The number of hydrogen-bond acceptors (Lipinski definition) is 3. The molecule has 5 nitrogen and oxygen atoms in total. The fourth-order valence-electron chi connectivity index (χ4n) is 7.32. The molecule has 0 aliphatic carbocycles. The summed E-state index contributed by atoms with van der Waals surface area (Å²) >= 11 is 0. The van der Waals surface area contributed by atoms with E-state index in [9.17, 15) is 0 Å². The van der Waals surface area contributed by atoms with Gasteiger partial charge in [0.25, 0.3) is 0 Å². The van der Waals surface area contributed by atoms with E-state index in [-0.39, 0.29) is 5.92 Å². The molecule has 4 aromatic carbocycles. The maximum atomic E-state index is 6.75. The van der Waals surface area contributed by atoms with Crippen molar-refractivity contribution in [3.63, 3.8) is 0 Å². The summed E-state index contributed by atoms with van der Waals surface area (Å²) in [5, 5.41) is 7.56. The number of pyridine rings is 1. The van der Waals surface area contributed by atoms with Crippen LogP contribution in [0.25, 0.3) is 44.4 Å². The van der Waals surface area contributed by atoms with E-state index in [2.05, 4.69) is 150 Å². The highest BCUT2D eigenvalue weighted by molar-refractivity contribution is 6.09. The molecule has 5 heteroatoms. The summed E-state index contributed by atoms with van der Waals surface area (Å²) in [6.07, 6.45) is 1.87. The molecule has 0 spiro atoms. The van der Waals surface area contributed by atoms with Gasteiger partial charge in [-0.25, -0.2) is 9.67 Å². The van der Waals surface area contributed by atoms with Crippen molar-refractivity contribution in [2.24, 2.45) is 0 Å². The Kier molecular flexibility index (Phi) is 7.95. The molecule has 0 atom stereocenters. The molecule has 7 aromatic rings. The van der Waals surface area contributed by atoms with Gasteiger partial charge in [-0.3, -0.25) is 4.57 Å². The number of rotatable bonds is 7. The lowest BCUT2D eigenvalue weighted by atomic mass is 9.90. The topological polar surface area (TPSA) is 44.9 Å².